The number of hydrogen-bond donors (Lipinski definition) is 0. The summed E-state index contributed by atoms with van der Waals surface area (Å²) in [4.78, 5) is 18.6. The smallest absolute Gasteiger partial charge is 0.267 e. The zero-order valence-electron chi connectivity index (χ0n) is 11.5. The lowest BCUT2D eigenvalue weighted by Crippen LogP contribution is -2.17. The fourth-order valence-electron chi connectivity index (χ4n) is 2.01. The summed E-state index contributed by atoms with van der Waals surface area (Å²) in [7, 11) is 0. The van der Waals surface area contributed by atoms with Crippen molar-refractivity contribution in [2.24, 2.45) is 5.10 Å². The fraction of sp³-hybridized carbons (Fsp3) is 0.133. The van der Waals surface area contributed by atoms with Crippen molar-refractivity contribution in [1.82, 2.24) is 9.66 Å². The lowest BCUT2D eigenvalue weighted by Gasteiger charge is -1.99. The van der Waals surface area contributed by atoms with Gasteiger partial charge in [-0.15, -0.1) is 11.3 Å². The summed E-state index contributed by atoms with van der Waals surface area (Å²) in [6.07, 6.45) is 3.00. The summed E-state index contributed by atoms with van der Waals surface area (Å²) >= 11 is 7.58. The zero-order valence-corrected chi connectivity index (χ0v) is 13.1. The van der Waals surface area contributed by atoms with Crippen LogP contribution in [0.15, 0.2) is 40.5 Å². The highest BCUT2D eigenvalue weighted by Crippen LogP contribution is 2.25. The topological polar surface area (TPSA) is 47.2 Å². The average Bonchev–Trinajstić information content (AvgIpc) is 2.76. The highest BCUT2D eigenvalue weighted by atomic mass is 35.5. The molecule has 0 aliphatic rings. The van der Waals surface area contributed by atoms with Crippen LogP contribution in [0, 0.1) is 13.8 Å². The molecule has 3 rings (SSSR count). The Labute approximate surface area is 130 Å². The second kappa shape index (κ2) is 5.42. The number of fused-ring (bicyclic) bond motifs is 1. The standard InChI is InChI=1S/C15H12ClN3OS/c1-9-10(2)21-14-13(9)15(20)19(8-17-14)18-7-11-5-3-4-6-12(11)16/h3-8H,1-2H3/b18-7-. The number of rotatable bonds is 2. The summed E-state index contributed by atoms with van der Waals surface area (Å²) in [6, 6.07) is 7.32. The first-order valence-corrected chi connectivity index (χ1v) is 7.53. The number of aromatic nitrogens is 2. The molecular formula is C15H12ClN3OS. The monoisotopic (exact) mass is 317 g/mol. The molecule has 0 saturated carbocycles. The maximum absolute atomic E-state index is 12.5. The summed E-state index contributed by atoms with van der Waals surface area (Å²) in [6.45, 7) is 3.91. The van der Waals surface area contributed by atoms with Crippen molar-refractivity contribution in [3.8, 4) is 0 Å². The van der Waals surface area contributed by atoms with Crippen LogP contribution in [0.3, 0.4) is 0 Å². The van der Waals surface area contributed by atoms with Crippen molar-refractivity contribution >= 4 is 39.4 Å². The van der Waals surface area contributed by atoms with Gasteiger partial charge in [0.05, 0.1) is 11.6 Å². The van der Waals surface area contributed by atoms with E-state index in [9.17, 15) is 4.79 Å². The first-order chi connectivity index (χ1) is 10.1. The summed E-state index contributed by atoms with van der Waals surface area (Å²) in [5.74, 6) is 0. The first kappa shape index (κ1) is 14.0. The van der Waals surface area contributed by atoms with Crippen LogP contribution in [-0.2, 0) is 0 Å². The minimum absolute atomic E-state index is 0.162. The molecule has 0 spiro atoms. The van der Waals surface area contributed by atoms with E-state index in [2.05, 4.69) is 10.1 Å². The predicted molar refractivity (Wildman–Crippen MR) is 87.8 cm³/mol. The quantitative estimate of drug-likeness (QED) is 0.678. The van der Waals surface area contributed by atoms with E-state index < -0.39 is 0 Å². The van der Waals surface area contributed by atoms with Crippen LogP contribution < -0.4 is 5.56 Å². The second-order valence-electron chi connectivity index (χ2n) is 4.62. The van der Waals surface area contributed by atoms with Crippen LogP contribution in [0.25, 0.3) is 10.2 Å². The number of hydrogen-bond acceptors (Lipinski definition) is 4. The third-order valence-electron chi connectivity index (χ3n) is 3.30. The Morgan fingerprint density at radius 3 is 2.86 bits per heavy atom. The van der Waals surface area contributed by atoms with E-state index in [1.807, 2.05) is 32.0 Å². The van der Waals surface area contributed by atoms with Gasteiger partial charge < -0.3 is 0 Å². The molecule has 21 heavy (non-hydrogen) atoms. The fourth-order valence-corrected chi connectivity index (χ4v) is 3.18. The molecule has 0 amide bonds. The van der Waals surface area contributed by atoms with Gasteiger partial charge in [-0.05, 0) is 25.5 Å². The Kier molecular flexibility index (Phi) is 3.61. The highest BCUT2D eigenvalue weighted by molar-refractivity contribution is 7.18. The van der Waals surface area contributed by atoms with Crippen molar-refractivity contribution in [3.63, 3.8) is 0 Å². The minimum atomic E-state index is -0.162. The number of benzene rings is 1. The van der Waals surface area contributed by atoms with E-state index in [1.54, 1.807) is 12.3 Å². The van der Waals surface area contributed by atoms with Crippen LogP contribution in [0.4, 0.5) is 0 Å². The van der Waals surface area contributed by atoms with Gasteiger partial charge in [0, 0.05) is 15.5 Å². The molecule has 3 aromatic rings. The number of aryl methyl sites for hydroxylation is 2. The largest absolute Gasteiger partial charge is 0.282 e. The molecule has 0 saturated heterocycles. The van der Waals surface area contributed by atoms with E-state index in [-0.39, 0.29) is 5.56 Å². The molecule has 0 N–H and O–H groups in total. The second-order valence-corrected chi connectivity index (χ2v) is 6.23. The third kappa shape index (κ3) is 2.50. The van der Waals surface area contributed by atoms with E-state index in [0.29, 0.717) is 10.4 Å². The van der Waals surface area contributed by atoms with E-state index >= 15 is 0 Å². The SMILES string of the molecule is Cc1sc2ncn(/N=C\c3ccccc3Cl)c(=O)c2c1C. The summed E-state index contributed by atoms with van der Waals surface area (Å²) in [5, 5.41) is 5.40. The molecule has 0 aliphatic carbocycles. The van der Waals surface area contributed by atoms with Crippen molar-refractivity contribution in [3.05, 3.63) is 62.0 Å². The molecule has 0 aliphatic heterocycles. The van der Waals surface area contributed by atoms with E-state index in [0.717, 1.165) is 20.8 Å². The maximum Gasteiger partial charge on any atom is 0.282 e. The lowest BCUT2D eigenvalue weighted by molar-refractivity contribution is 0.818. The molecule has 106 valence electrons. The van der Waals surface area contributed by atoms with Gasteiger partial charge in [0.2, 0.25) is 0 Å². The highest BCUT2D eigenvalue weighted by Gasteiger charge is 2.11. The Morgan fingerprint density at radius 2 is 2.10 bits per heavy atom. The molecule has 0 fully saturated rings. The predicted octanol–water partition coefficient (Wildman–Crippen LogP) is 3.61. The minimum Gasteiger partial charge on any atom is -0.267 e. The van der Waals surface area contributed by atoms with Crippen molar-refractivity contribution in [2.75, 3.05) is 0 Å². The van der Waals surface area contributed by atoms with Crippen LogP contribution in [0.5, 0.6) is 0 Å². The van der Waals surface area contributed by atoms with E-state index in [4.69, 9.17) is 11.6 Å². The zero-order chi connectivity index (χ0) is 15.0. The third-order valence-corrected chi connectivity index (χ3v) is 4.76. The molecule has 4 nitrogen and oxygen atoms in total. The van der Waals surface area contributed by atoms with Crippen LogP contribution in [0.1, 0.15) is 16.0 Å². The molecule has 2 aromatic heterocycles. The van der Waals surface area contributed by atoms with Crippen molar-refractivity contribution in [2.45, 2.75) is 13.8 Å². The molecule has 0 bridgehead atoms. The van der Waals surface area contributed by atoms with Crippen LogP contribution in [0.2, 0.25) is 5.02 Å². The van der Waals surface area contributed by atoms with Gasteiger partial charge in [-0.3, -0.25) is 4.79 Å². The molecular weight excluding hydrogens is 306 g/mol. The van der Waals surface area contributed by atoms with Crippen molar-refractivity contribution in [1.29, 1.82) is 0 Å². The molecule has 0 atom stereocenters. The lowest BCUT2D eigenvalue weighted by atomic mass is 10.2. The Balaban J connectivity index is 2.10. The van der Waals surface area contributed by atoms with Gasteiger partial charge in [0.1, 0.15) is 11.2 Å². The van der Waals surface area contributed by atoms with Gasteiger partial charge in [-0.2, -0.15) is 9.78 Å². The Hall–Kier alpha value is -1.98. The molecule has 2 heterocycles. The maximum atomic E-state index is 12.5. The molecule has 6 heteroatoms. The van der Waals surface area contributed by atoms with Crippen molar-refractivity contribution < 1.29 is 0 Å². The molecule has 0 radical (unpaired) electrons. The molecule has 1 aromatic carbocycles. The van der Waals surface area contributed by atoms with E-state index in [1.165, 1.54) is 22.3 Å². The van der Waals surface area contributed by atoms with Gasteiger partial charge in [0.15, 0.2) is 0 Å². The Bertz CT molecular complexity index is 911. The Morgan fingerprint density at radius 1 is 1.33 bits per heavy atom. The van der Waals surface area contributed by atoms with Gasteiger partial charge in [-0.1, -0.05) is 29.8 Å². The normalized spacial score (nSPS) is 11.6. The van der Waals surface area contributed by atoms with Gasteiger partial charge in [-0.25, -0.2) is 4.98 Å². The van der Waals surface area contributed by atoms with Gasteiger partial charge in [0.25, 0.3) is 5.56 Å². The van der Waals surface area contributed by atoms with Crippen LogP contribution >= 0.6 is 22.9 Å². The van der Waals surface area contributed by atoms with Crippen LogP contribution in [-0.4, -0.2) is 15.9 Å². The number of thiophene rings is 1. The first-order valence-electron chi connectivity index (χ1n) is 6.34. The number of nitrogens with zero attached hydrogens (tertiary/aromatic N) is 3. The average molecular weight is 318 g/mol. The summed E-state index contributed by atoms with van der Waals surface area (Å²) < 4.78 is 1.24. The number of halogens is 1. The summed E-state index contributed by atoms with van der Waals surface area (Å²) in [5.41, 5.74) is 1.56. The van der Waals surface area contributed by atoms with Gasteiger partial charge >= 0.3 is 0 Å². The molecule has 0 unspecified atom stereocenters.